The molecule has 2 fully saturated rings. The quantitative estimate of drug-likeness (QED) is 0.769. The topological polar surface area (TPSA) is 55.6 Å². The highest BCUT2D eigenvalue weighted by molar-refractivity contribution is 5.92. The summed E-state index contributed by atoms with van der Waals surface area (Å²) in [4.78, 5) is 13.5. The predicted molar refractivity (Wildman–Crippen MR) is 77.3 cm³/mol. The Morgan fingerprint density at radius 2 is 1.95 bits per heavy atom. The van der Waals surface area contributed by atoms with Crippen molar-refractivity contribution < 1.29 is 9.53 Å². The van der Waals surface area contributed by atoms with E-state index in [0.717, 1.165) is 37.0 Å². The van der Waals surface area contributed by atoms with Gasteiger partial charge in [0.2, 0.25) is 5.91 Å². The van der Waals surface area contributed by atoms with Crippen molar-refractivity contribution in [2.75, 3.05) is 26.2 Å². The highest BCUT2D eigenvalue weighted by Gasteiger charge is 2.44. The molecule has 1 aromatic rings. The third-order valence-corrected chi connectivity index (χ3v) is 4.32. The Hall–Kier alpha value is -1.39. The molecule has 3 rings (SSSR count). The van der Waals surface area contributed by atoms with Crippen molar-refractivity contribution >= 4 is 5.91 Å². The lowest BCUT2D eigenvalue weighted by atomic mass is 10.1. The number of hydrogen-bond donors (Lipinski definition) is 1. The molecule has 0 aromatic heterocycles. The van der Waals surface area contributed by atoms with E-state index in [4.69, 9.17) is 10.5 Å². The summed E-state index contributed by atoms with van der Waals surface area (Å²) in [6.07, 6.45) is 2.56. The maximum atomic E-state index is 10.9. The number of fused-ring (bicyclic) bond motifs is 1. The third kappa shape index (κ3) is 3.38. The van der Waals surface area contributed by atoms with Crippen molar-refractivity contribution in [3.63, 3.8) is 0 Å². The van der Waals surface area contributed by atoms with Gasteiger partial charge in [0.25, 0.3) is 0 Å². The van der Waals surface area contributed by atoms with Gasteiger partial charge in [-0.2, -0.15) is 0 Å². The van der Waals surface area contributed by atoms with Gasteiger partial charge in [-0.25, -0.2) is 0 Å². The Bertz CT molecular complexity index is 462. The highest BCUT2D eigenvalue weighted by Crippen LogP contribution is 2.44. The van der Waals surface area contributed by atoms with Gasteiger partial charge in [0, 0.05) is 31.8 Å². The fraction of sp³-hybridized carbons (Fsp3) is 0.562. The van der Waals surface area contributed by atoms with Crippen molar-refractivity contribution in [1.82, 2.24) is 4.90 Å². The number of ether oxygens (including phenoxy) is 1. The minimum Gasteiger partial charge on any atom is -0.377 e. The number of hydrogen-bond acceptors (Lipinski definition) is 3. The minimum atomic E-state index is -0.388. The van der Waals surface area contributed by atoms with Crippen LogP contribution in [-0.2, 0) is 11.3 Å². The maximum Gasteiger partial charge on any atom is 0.248 e. The van der Waals surface area contributed by atoms with Gasteiger partial charge >= 0.3 is 0 Å². The minimum absolute atomic E-state index is 0.388. The first kappa shape index (κ1) is 13.6. The first-order valence-corrected chi connectivity index (χ1v) is 7.41. The molecule has 1 amide bonds. The maximum absolute atomic E-state index is 10.9. The standard InChI is InChI=1S/C16H22N2O2/c17-16(19)13-4-2-12(3-5-13)11-20-7-1-6-18-9-14-8-15(14)10-18/h2-5,14-15H,1,6-11H2,(H2,17,19). The number of nitrogens with two attached hydrogens (primary N) is 1. The molecular weight excluding hydrogens is 252 g/mol. The van der Waals surface area contributed by atoms with Gasteiger partial charge in [0.15, 0.2) is 0 Å². The van der Waals surface area contributed by atoms with Crippen LogP contribution in [0.5, 0.6) is 0 Å². The lowest BCUT2D eigenvalue weighted by Crippen LogP contribution is -2.24. The van der Waals surface area contributed by atoms with Gasteiger partial charge in [0.1, 0.15) is 0 Å². The number of primary amides is 1. The Morgan fingerprint density at radius 1 is 1.25 bits per heavy atom. The van der Waals surface area contributed by atoms with Crippen LogP contribution in [0.15, 0.2) is 24.3 Å². The zero-order valence-corrected chi connectivity index (χ0v) is 11.8. The van der Waals surface area contributed by atoms with Crippen LogP contribution >= 0.6 is 0 Å². The van der Waals surface area contributed by atoms with Crippen molar-refractivity contribution in [3.05, 3.63) is 35.4 Å². The molecule has 1 saturated heterocycles. The van der Waals surface area contributed by atoms with E-state index < -0.39 is 0 Å². The first-order valence-electron chi connectivity index (χ1n) is 7.41. The van der Waals surface area contributed by atoms with E-state index in [1.165, 1.54) is 19.5 Å². The number of benzene rings is 1. The molecule has 2 N–H and O–H groups in total. The molecule has 2 unspecified atom stereocenters. The van der Waals surface area contributed by atoms with Crippen LogP contribution in [0.25, 0.3) is 0 Å². The predicted octanol–water partition coefficient (Wildman–Crippen LogP) is 1.64. The van der Waals surface area contributed by atoms with Gasteiger partial charge in [-0.3, -0.25) is 4.79 Å². The zero-order valence-electron chi connectivity index (χ0n) is 11.8. The molecule has 4 nitrogen and oxygen atoms in total. The van der Waals surface area contributed by atoms with E-state index in [2.05, 4.69) is 4.90 Å². The number of piperidine rings is 1. The van der Waals surface area contributed by atoms with E-state index in [1.807, 2.05) is 12.1 Å². The zero-order chi connectivity index (χ0) is 13.9. The van der Waals surface area contributed by atoms with Crippen LogP contribution in [0.1, 0.15) is 28.8 Å². The van der Waals surface area contributed by atoms with Crippen LogP contribution in [0, 0.1) is 11.8 Å². The van der Waals surface area contributed by atoms with E-state index in [1.54, 1.807) is 12.1 Å². The van der Waals surface area contributed by atoms with Crippen molar-refractivity contribution in [1.29, 1.82) is 0 Å². The lowest BCUT2D eigenvalue weighted by molar-refractivity contribution is 0.0999. The summed E-state index contributed by atoms with van der Waals surface area (Å²) in [5.74, 6) is 1.64. The Balaban J connectivity index is 1.30. The molecule has 0 spiro atoms. The van der Waals surface area contributed by atoms with Gasteiger partial charge < -0.3 is 15.4 Å². The fourth-order valence-electron chi connectivity index (χ4n) is 3.02. The molecule has 108 valence electrons. The number of carbonyl (C=O) groups excluding carboxylic acids is 1. The molecule has 0 radical (unpaired) electrons. The van der Waals surface area contributed by atoms with Crippen molar-refractivity contribution in [2.24, 2.45) is 17.6 Å². The molecule has 1 aliphatic heterocycles. The average molecular weight is 274 g/mol. The van der Waals surface area contributed by atoms with Crippen molar-refractivity contribution in [3.8, 4) is 0 Å². The normalized spacial score (nSPS) is 24.6. The second-order valence-corrected chi connectivity index (χ2v) is 5.98. The smallest absolute Gasteiger partial charge is 0.248 e. The van der Waals surface area contributed by atoms with Crippen LogP contribution in [0.2, 0.25) is 0 Å². The fourth-order valence-corrected chi connectivity index (χ4v) is 3.02. The van der Waals surface area contributed by atoms with E-state index in [9.17, 15) is 4.79 Å². The first-order chi connectivity index (χ1) is 9.72. The molecule has 1 aromatic carbocycles. The molecule has 2 atom stereocenters. The Morgan fingerprint density at radius 3 is 2.60 bits per heavy atom. The lowest BCUT2D eigenvalue weighted by Gasteiger charge is -2.16. The number of amides is 1. The summed E-state index contributed by atoms with van der Waals surface area (Å²) >= 11 is 0. The summed E-state index contributed by atoms with van der Waals surface area (Å²) in [6.45, 7) is 5.17. The average Bonchev–Trinajstić information content (AvgIpc) is 3.06. The summed E-state index contributed by atoms with van der Waals surface area (Å²) < 4.78 is 5.68. The summed E-state index contributed by atoms with van der Waals surface area (Å²) in [7, 11) is 0. The summed E-state index contributed by atoms with van der Waals surface area (Å²) in [6, 6.07) is 7.29. The molecule has 20 heavy (non-hydrogen) atoms. The van der Waals surface area contributed by atoms with Gasteiger partial charge in [0.05, 0.1) is 6.61 Å². The Labute approximate surface area is 119 Å². The molecule has 4 heteroatoms. The largest absolute Gasteiger partial charge is 0.377 e. The number of nitrogens with zero attached hydrogens (tertiary/aromatic N) is 1. The molecular formula is C16H22N2O2. The monoisotopic (exact) mass is 274 g/mol. The number of rotatable bonds is 7. The number of likely N-dealkylation sites (tertiary alicyclic amines) is 1. The van der Waals surface area contributed by atoms with Crippen molar-refractivity contribution in [2.45, 2.75) is 19.4 Å². The third-order valence-electron chi connectivity index (χ3n) is 4.32. The SMILES string of the molecule is NC(=O)c1ccc(COCCCN2CC3CC3C2)cc1. The molecule has 1 aliphatic carbocycles. The molecule has 1 saturated carbocycles. The van der Waals surface area contributed by atoms with Crippen LogP contribution in [-0.4, -0.2) is 37.0 Å². The Kier molecular flexibility index (Phi) is 4.03. The van der Waals surface area contributed by atoms with Gasteiger partial charge in [-0.15, -0.1) is 0 Å². The van der Waals surface area contributed by atoms with E-state index in [0.29, 0.717) is 12.2 Å². The van der Waals surface area contributed by atoms with Gasteiger partial charge in [-0.05, 0) is 42.4 Å². The second kappa shape index (κ2) is 5.94. The van der Waals surface area contributed by atoms with E-state index >= 15 is 0 Å². The van der Waals surface area contributed by atoms with Crippen LogP contribution < -0.4 is 5.73 Å². The summed E-state index contributed by atoms with van der Waals surface area (Å²) in [5, 5.41) is 0. The molecule has 0 bridgehead atoms. The second-order valence-electron chi connectivity index (χ2n) is 5.98. The van der Waals surface area contributed by atoms with Crippen LogP contribution in [0.4, 0.5) is 0 Å². The molecule has 1 heterocycles. The van der Waals surface area contributed by atoms with Crippen LogP contribution in [0.3, 0.4) is 0 Å². The summed E-state index contributed by atoms with van der Waals surface area (Å²) in [5.41, 5.74) is 6.83. The highest BCUT2D eigenvalue weighted by atomic mass is 16.5. The van der Waals surface area contributed by atoms with Gasteiger partial charge in [-0.1, -0.05) is 12.1 Å². The molecule has 2 aliphatic rings. The number of carbonyl (C=O) groups is 1. The van der Waals surface area contributed by atoms with E-state index in [-0.39, 0.29) is 5.91 Å².